The van der Waals surface area contributed by atoms with Crippen molar-refractivity contribution in [2.45, 2.75) is 13.5 Å². The number of esters is 1. The van der Waals surface area contributed by atoms with Crippen molar-refractivity contribution in [1.82, 2.24) is 5.16 Å². The quantitative estimate of drug-likeness (QED) is 0.472. The molecule has 2 rings (SSSR count). The SMILES string of the molecule is COC(=O)c1ccc([N+](=O)[O-])c(OCc2cc(C)no2)c1. The third-order valence-electron chi connectivity index (χ3n) is 2.62. The lowest BCUT2D eigenvalue weighted by atomic mass is 10.2. The predicted molar refractivity (Wildman–Crippen MR) is 70.0 cm³/mol. The number of carbonyl (C=O) groups excluding carboxylic acids is 1. The fourth-order valence-corrected chi connectivity index (χ4v) is 1.66. The summed E-state index contributed by atoms with van der Waals surface area (Å²) < 4.78 is 14.9. The summed E-state index contributed by atoms with van der Waals surface area (Å²) in [6, 6.07) is 5.39. The van der Waals surface area contributed by atoms with E-state index in [0.717, 1.165) is 0 Å². The average Bonchev–Trinajstić information content (AvgIpc) is 2.89. The van der Waals surface area contributed by atoms with E-state index < -0.39 is 10.9 Å². The number of nitrogens with zero attached hydrogens (tertiary/aromatic N) is 2. The van der Waals surface area contributed by atoms with Gasteiger partial charge in [0.25, 0.3) is 0 Å². The minimum atomic E-state index is -0.606. The van der Waals surface area contributed by atoms with Crippen LogP contribution >= 0.6 is 0 Å². The van der Waals surface area contributed by atoms with Crippen molar-refractivity contribution in [3.63, 3.8) is 0 Å². The van der Waals surface area contributed by atoms with Gasteiger partial charge in [0.1, 0.15) is 6.61 Å². The van der Waals surface area contributed by atoms with Crippen molar-refractivity contribution >= 4 is 11.7 Å². The third-order valence-corrected chi connectivity index (χ3v) is 2.62. The molecule has 1 heterocycles. The molecule has 0 spiro atoms. The van der Waals surface area contributed by atoms with Gasteiger partial charge in [0, 0.05) is 18.2 Å². The Morgan fingerprint density at radius 2 is 2.19 bits per heavy atom. The van der Waals surface area contributed by atoms with E-state index in [2.05, 4.69) is 9.89 Å². The maximum atomic E-state index is 11.4. The normalized spacial score (nSPS) is 10.2. The molecule has 8 nitrogen and oxygen atoms in total. The van der Waals surface area contributed by atoms with E-state index in [0.29, 0.717) is 11.5 Å². The van der Waals surface area contributed by atoms with E-state index in [4.69, 9.17) is 9.26 Å². The molecule has 21 heavy (non-hydrogen) atoms. The summed E-state index contributed by atoms with van der Waals surface area (Å²) in [6.07, 6.45) is 0. The van der Waals surface area contributed by atoms with E-state index in [1.54, 1.807) is 13.0 Å². The zero-order chi connectivity index (χ0) is 15.4. The molecule has 0 saturated carbocycles. The maximum Gasteiger partial charge on any atom is 0.337 e. The third kappa shape index (κ3) is 3.35. The van der Waals surface area contributed by atoms with Gasteiger partial charge < -0.3 is 14.0 Å². The molecule has 0 amide bonds. The molecule has 2 aromatic rings. The number of methoxy groups -OCH3 is 1. The summed E-state index contributed by atoms with van der Waals surface area (Å²) in [5.41, 5.74) is 0.581. The van der Waals surface area contributed by atoms with Crippen molar-refractivity contribution < 1.29 is 23.7 Å². The molecule has 0 fully saturated rings. The Balaban J connectivity index is 2.25. The second kappa shape index (κ2) is 6.04. The molecule has 0 N–H and O–H groups in total. The van der Waals surface area contributed by atoms with Crippen LogP contribution in [-0.2, 0) is 11.3 Å². The molecular formula is C13H12N2O6. The lowest BCUT2D eigenvalue weighted by Crippen LogP contribution is -2.04. The summed E-state index contributed by atoms with van der Waals surface area (Å²) in [7, 11) is 1.22. The van der Waals surface area contributed by atoms with Gasteiger partial charge >= 0.3 is 11.7 Å². The van der Waals surface area contributed by atoms with Crippen LogP contribution in [0.1, 0.15) is 21.8 Å². The minimum absolute atomic E-state index is 0.0354. The van der Waals surface area contributed by atoms with Gasteiger partial charge in [0.15, 0.2) is 11.5 Å². The molecule has 1 aromatic carbocycles. The Morgan fingerprint density at radius 3 is 2.76 bits per heavy atom. The molecule has 0 atom stereocenters. The van der Waals surface area contributed by atoms with E-state index >= 15 is 0 Å². The molecule has 0 aliphatic rings. The van der Waals surface area contributed by atoms with Crippen LogP contribution in [0.4, 0.5) is 5.69 Å². The van der Waals surface area contributed by atoms with Crippen LogP contribution in [0.25, 0.3) is 0 Å². The number of aromatic nitrogens is 1. The van der Waals surface area contributed by atoms with Gasteiger partial charge in [-0.25, -0.2) is 4.79 Å². The molecule has 1 aromatic heterocycles. The van der Waals surface area contributed by atoms with Crippen LogP contribution in [0.5, 0.6) is 5.75 Å². The number of aryl methyl sites for hydroxylation is 1. The fraction of sp³-hybridized carbons (Fsp3) is 0.231. The van der Waals surface area contributed by atoms with Gasteiger partial charge in [-0.05, 0) is 13.0 Å². The Kier molecular flexibility index (Phi) is 4.17. The highest BCUT2D eigenvalue weighted by Crippen LogP contribution is 2.29. The number of rotatable bonds is 5. The Labute approximate surface area is 119 Å². The van der Waals surface area contributed by atoms with Crippen molar-refractivity contribution in [1.29, 1.82) is 0 Å². The topological polar surface area (TPSA) is 105 Å². The van der Waals surface area contributed by atoms with Crippen LogP contribution in [0.3, 0.4) is 0 Å². The molecule has 0 saturated heterocycles. The zero-order valence-corrected chi connectivity index (χ0v) is 11.4. The number of benzene rings is 1. The van der Waals surface area contributed by atoms with Crippen molar-refractivity contribution in [2.24, 2.45) is 0 Å². The molecular weight excluding hydrogens is 280 g/mol. The highest BCUT2D eigenvalue weighted by atomic mass is 16.6. The number of nitro groups is 1. The summed E-state index contributed by atoms with van der Waals surface area (Å²) in [6.45, 7) is 1.71. The first-order chi connectivity index (χ1) is 10.0. The lowest BCUT2D eigenvalue weighted by Gasteiger charge is -2.06. The van der Waals surface area contributed by atoms with Gasteiger partial charge in [-0.3, -0.25) is 10.1 Å². The smallest absolute Gasteiger partial charge is 0.337 e. The molecule has 0 aliphatic heterocycles. The monoisotopic (exact) mass is 292 g/mol. The average molecular weight is 292 g/mol. The summed E-state index contributed by atoms with van der Waals surface area (Å²) >= 11 is 0. The standard InChI is InChI=1S/C13H12N2O6/c1-8-5-10(21-14-8)7-20-12-6-9(13(16)19-2)3-4-11(12)15(17)18/h3-6H,7H2,1-2H3. The molecule has 0 aliphatic carbocycles. The highest BCUT2D eigenvalue weighted by Gasteiger charge is 2.19. The molecule has 8 heteroatoms. The van der Waals surface area contributed by atoms with Gasteiger partial charge in [-0.2, -0.15) is 0 Å². The van der Waals surface area contributed by atoms with Crippen LogP contribution in [-0.4, -0.2) is 23.2 Å². The zero-order valence-electron chi connectivity index (χ0n) is 11.4. The van der Waals surface area contributed by atoms with E-state index in [1.807, 2.05) is 0 Å². The number of carbonyl (C=O) groups is 1. The second-order valence-corrected chi connectivity index (χ2v) is 4.15. The highest BCUT2D eigenvalue weighted by molar-refractivity contribution is 5.90. The predicted octanol–water partition coefficient (Wildman–Crippen LogP) is 2.26. The van der Waals surface area contributed by atoms with Gasteiger partial charge in [-0.1, -0.05) is 5.16 Å². The molecule has 0 bridgehead atoms. The Morgan fingerprint density at radius 1 is 1.43 bits per heavy atom. The number of nitro benzene ring substituents is 1. The first kappa shape index (κ1) is 14.5. The summed E-state index contributed by atoms with van der Waals surface area (Å²) in [5.74, 6) is -0.229. The first-order valence-corrected chi connectivity index (χ1v) is 5.93. The van der Waals surface area contributed by atoms with Gasteiger partial charge in [-0.15, -0.1) is 0 Å². The first-order valence-electron chi connectivity index (χ1n) is 5.93. The summed E-state index contributed by atoms with van der Waals surface area (Å²) in [4.78, 5) is 21.8. The van der Waals surface area contributed by atoms with Gasteiger partial charge in [0.2, 0.25) is 0 Å². The molecule has 0 radical (unpaired) electrons. The Bertz CT molecular complexity index is 679. The van der Waals surface area contributed by atoms with Crippen LogP contribution in [0.15, 0.2) is 28.8 Å². The number of hydrogen-bond donors (Lipinski definition) is 0. The van der Waals surface area contributed by atoms with Crippen LogP contribution in [0.2, 0.25) is 0 Å². The largest absolute Gasteiger partial charge is 0.478 e. The number of ether oxygens (including phenoxy) is 2. The lowest BCUT2D eigenvalue weighted by molar-refractivity contribution is -0.386. The number of hydrogen-bond acceptors (Lipinski definition) is 7. The molecule has 110 valence electrons. The van der Waals surface area contributed by atoms with Crippen molar-refractivity contribution in [3.05, 3.63) is 51.4 Å². The second-order valence-electron chi connectivity index (χ2n) is 4.15. The molecule has 0 unspecified atom stereocenters. The maximum absolute atomic E-state index is 11.4. The van der Waals surface area contributed by atoms with Crippen molar-refractivity contribution in [3.8, 4) is 5.75 Å². The minimum Gasteiger partial charge on any atom is -0.478 e. The van der Waals surface area contributed by atoms with Crippen LogP contribution in [0, 0.1) is 17.0 Å². The summed E-state index contributed by atoms with van der Waals surface area (Å²) in [5, 5.41) is 14.6. The van der Waals surface area contributed by atoms with Crippen molar-refractivity contribution in [2.75, 3.05) is 7.11 Å². The van der Waals surface area contributed by atoms with E-state index in [-0.39, 0.29) is 23.6 Å². The van der Waals surface area contributed by atoms with Gasteiger partial charge in [0.05, 0.1) is 23.3 Å². The van der Waals surface area contributed by atoms with Crippen LogP contribution < -0.4 is 4.74 Å². The van der Waals surface area contributed by atoms with E-state index in [1.165, 1.54) is 25.3 Å². The van der Waals surface area contributed by atoms with E-state index in [9.17, 15) is 14.9 Å². The Hall–Kier alpha value is -2.90. The fourth-order valence-electron chi connectivity index (χ4n) is 1.66.